The number of nitrogens with zero attached hydrogens (tertiary/aromatic N) is 2. The quantitative estimate of drug-likeness (QED) is 0.345. The molecule has 166 valence electrons. The summed E-state index contributed by atoms with van der Waals surface area (Å²) in [6.07, 6.45) is 0. The molecule has 0 aliphatic carbocycles. The highest BCUT2D eigenvalue weighted by Gasteiger charge is 2.20. The van der Waals surface area contributed by atoms with E-state index in [1.807, 2.05) is 36.4 Å². The van der Waals surface area contributed by atoms with Crippen LogP contribution in [0.2, 0.25) is 0 Å². The molecule has 7 rings (SSSR count). The van der Waals surface area contributed by atoms with Crippen LogP contribution < -0.4 is 5.46 Å². The molecule has 0 unspecified atom stereocenters. The molecule has 2 aromatic heterocycles. The highest BCUT2D eigenvalue weighted by Crippen LogP contribution is 2.39. The maximum Gasteiger partial charge on any atom is 0.488 e. The summed E-state index contributed by atoms with van der Waals surface area (Å²) in [5.74, 6) is 0. The first-order valence-corrected chi connectivity index (χ1v) is 11.7. The zero-order valence-corrected chi connectivity index (χ0v) is 18.8. The standard InChI is InChI=1S/C30H21BN2O2/c34-31(35)20-15-16-28-24(17-20)26-18-25-23-13-7-8-14-27(23)32(21-9-3-1-4-10-21)29(25)19-30(26)33(28)22-11-5-2-6-12-22/h1-19,34-35H. The molecular formula is C30H21BN2O2. The maximum absolute atomic E-state index is 9.87. The van der Waals surface area contributed by atoms with Crippen molar-refractivity contribution in [2.24, 2.45) is 0 Å². The third-order valence-corrected chi connectivity index (χ3v) is 6.91. The molecule has 0 saturated carbocycles. The van der Waals surface area contributed by atoms with E-state index in [9.17, 15) is 10.0 Å². The van der Waals surface area contributed by atoms with Gasteiger partial charge in [0.25, 0.3) is 0 Å². The lowest BCUT2D eigenvalue weighted by Gasteiger charge is -2.10. The largest absolute Gasteiger partial charge is 0.488 e. The SMILES string of the molecule is OB(O)c1ccc2c(c1)c1cc3c4ccccc4n(-c4ccccc4)c3cc1n2-c1ccccc1. The summed E-state index contributed by atoms with van der Waals surface area (Å²) in [4.78, 5) is 0. The molecule has 0 aliphatic rings. The van der Waals surface area contributed by atoms with Gasteiger partial charge < -0.3 is 19.2 Å². The Morgan fingerprint density at radius 2 is 0.943 bits per heavy atom. The third kappa shape index (κ3) is 2.96. The predicted octanol–water partition coefficient (Wildman–Crippen LogP) is 5.56. The van der Waals surface area contributed by atoms with Gasteiger partial charge in [-0.15, -0.1) is 0 Å². The first-order chi connectivity index (χ1) is 17.2. The second-order valence-corrected chi connectivity index (χ2v) is 8.90. The van der Waals surface area contributed by atoms with Crippen LogP contribution in [0, 0.1) is 0 Å². The highest BCUT2D eigenvalue weighted by molar-refractivity contribution is 6.59. The lowest BCUT2D eigenvalue weighted by Crippen LogP contribution is -2.29. The first kappa shape index (κ1) is 20.1. The van der Waals surface area contributed by atoms with Crippen molar-refractivity contribution in [2.45, 2.75) is 0 Å². The Kier molecular flexibility index (Phi) is 4.36. The van der Waals surface area contributed by atoms with Crippen molar-refractivity contribution in [3.63, 3.8) is 0 Å². The van der Waals surface area contributed by atoms with Gasteiger partial charge in [0.2, 0.25) is 0 Å². The van der Waals surface area contributed by atoms with Gasteiger partial charge in [-0.05, 0) is 54.0 Å². The first-order valence-electron chi connectivity index (χ1n) is 11.7. The van der Waals surface area contributed by atoms with Crippen molar-refractivity contribution < 1.29 is 10.0 Å². The van der Waals surface area contributed by atoms with Gasteiger partial charge in [0, 0.05) is 32.9 Å². The van der Waals surface area contributed by atoms with Gasteiger partial charge in [-0.2, -0.15) is 0 Å². The van der Waals surface area contributed by atoms with Crippen LogP contribution in [0.5, 0.6) is 0 Å². The molecule has 5 aromatic carbocycles. The normalized spacial score (nSPS) is 11.7. The van der Waals surface area contributed by atoms with Gasteiger partial charge in [-0.3, -0.25) is 0 Å². The van der Waals surface area contributed by atoms with Gasteiger partial charge >= 0.3 is 7.12 Å². The average Bonchev–Trinajstić information content (AvgIpc) is 3.40. The molecule has 2 N–H and O–H groups in total. The van der Waals surface area contributed by atoms with E-state index in [4.69, 9.17) is 0 Å². The van der Waals surface area contributed by atoms with Crippen molar-refractivity contribution in [3.8, 4) is 11.4 Å². The number of fused-ring (bicyclic) bond motifs is 6. The third-order valence-electron chi connectivity index (χ3n) is 6.91. The van der Waals surface area contributed by atoms with Crippen LogP contribution >= 0.6 is 0 Å². The zero-order valence-electron chi connectivity index (χ0n) is 18.8. The topological polar surface area (TPSA) is 50.3 Å². The van der Waals surface area contributed by atoms with Crippen molar-refractivity contribution >= 4 is 56.2 Å². The van der Waals surface area contributed by atoms with E-state index in [-0.39, 0.29) is 0 Å². The van der Waals surface area contributed by atoms with Crippen LogP contribution in [0.15, 0.2) is 115 Å². The molecule has 0 atom stereocenters. The van der Waals surface area contributed by atoms with Gasteiger partial charge in [-0.25, -0.2) is 0 Å². The van der Waals surface area contributed by atoms with E-state index in [0.717, 1.165) is 44.2 Å². The van der Waals surface area contributed by atoms with Crippen molar-refractivity contribution in [1.29, 1.82) is 0 Å². The van der Waals surface area contributed by atoms with Crippen LogP contribution in [-0.4, -0.2) is 26.3 Å². The average molecular weight is 452 g/mol. The molecule has 0 fully saturated rings. The van der Waals surface area contributed by atoms with Gasteiger partial charge in [0.1, 0.15) is 0 Å². The molecule has 35 heavy (non-hydrogen) atoms. The molecule has 5 heteroatoms. The summed E-state index contributed by atoms with van der Waals surface area (Å²) >= 11 is 0. The molecular weight excluding hydrogens is 431 g/mol. The van der Waals surface area contributed by atoms with E-state index < -0.39 is 7.12 Å². The summed E-state index contributed by atoms with van der Waals surface area (Å²) in [5.41, 5.74) is 7.05. The smallest absolute Gasteiger partial charge is 0.423 e. The van der Waals surface area contributed by atoms with E-state index in [1.165, 1.54) is 10.8 Å². The van der Waals surface area contributed by atoms with E-state index in [2.05, 4.69) is 81.9 Å². The Morgan fingerprint density at radius 1 is 0.429 bits per heavy atom. The molecule has 0 amide bonds. The number of benzene rings is 5. The Morgan fingerprint density at radius 3 is 1.57 bits per heavy atom. The lowest BCUT2D eigenvalue weighted by atomic mass is 9.80. The molecule has 0 saturated heterocycles. The fourth-order valence-electron chi connectivity index (χ4n) is 5.37. The molecule has 0 aliphatic heterocycles. The Hall–Kier alpha value is -4.32. The van der Waals surface area contributed by atoms with Crippen LogP contribution in [0.3, 0.4) is 0 Å². The number of aromatic nitrogens is 2. The maximum atomic E-state index is 9.87. The van der Waals surface area contributed by atoms with Gasteiger partial charge in [0.05, 0.1) is 22.1 Å². The summed E-state index contributed by atoms with van der Waals surface area (Å²) in [7, 11) is -1.52. The minimum absolute atomic E-state index is 0.483. The van der Waals surface area contributed by atoms with E-state index in [0.29, 0.717) is 5.46 Å². The summed E-state index contributed by atoms with van der Waals surface area (Å²) in [6, 6.07) is 39.4. The second kappa shape index (κ2) is 7.60. The number of para-hydroxylation sites is 3. The van der Waals surface area contributed by atoms with Crippen LogP contribution in [0.25, 0.3) is 55.0 Å². The predicted molar refractivity (Wildman–Crippen MR) is 145 cm³/mol. The fourth-order valence-corrected chi connectivity index (χ4v) is 5.37. The lowest BCUT2D eigenvalue weighted by molar-refractivity contribution is 0.426. The van der Waals surface area contributed by atoms with Gasteiger partial charge in [-0.1, -0.05) is 66.7 Å². The van der Waals surface area contributed by atoms with Crippen LogP contribution in [0.4, 0.5) is 0 Å². The summed E-state index contributed by atoms with van der Waals surface area (Å²) < 4.78 is 4.57. The number of hydrogen-bond acceptors (Lipinski definition) is 2. The molecule has 4 nitrogen and oxygen atoms in total. The van der Waals surface area contributed by atoms with Crippen molar-refractivity contribution in [3.05, 3.63) is 115 Å². The number of rotatable bonds is 3. The van der Waals surface area contributed by atoms with E-state index >= 15 is 0 Å². The van der Waals surface area contributed by atoms with Crippen LogP contribution in [0.1, 0.15) is 0 Å². The zero-order chi connectivity index (χ0) is 23.5. The summed E-state index contributed by atoms with van der Waals surface area (Å²) in [6.45, 7) is 0. The minimum Gasteiger partial charge on any atom is -0.423 e. The monoisotopic (exact) mass is 452 g/mol. The van der Waals surface area contributed by atoms with E-state index in [1.54, 1.807) is 6.07 Å². The highest BCUT2D eigenvalue weighted by atomic mass is 16.4. The molecule has 0 bridgehead atoms. The van der Waals surface area contributed by atoms with Gasteiger partial charge in [0.15, 0.2) is 0 Å². The molecule has 0 spiro atoms. The van der Waals surface area contributed by atoms with Crippen molar-refractivity contribution in [1.82, 2.24) is 9.13 Å². The number of hydrogen-bond donors (Lipinski definition) is 2. The summed E-state index contributed by atoms with van der Waals surface area (Å²) in [5, 5.41) is 24.2. The second-order valence-electron chi connectivity index (χ2n) is 8.90. The minimum atomic E-state index is -1.52. The Bertz CT molecular complexity index is 1870. The Balaban J connectivity index is 1.69. The van der Waals surface area contributed by atoms with Crippen molar-refractivity contribution in [2.75, 3.05) is 0 Å². The molecule has 0 radical (unpaired) electrons. The Labute approximate surface area is 202 Å². The fraction of sp³-hybridized carbons (Fsp3) is 0. The molecule has 7 aromatic rings. The molecule has 2 heterocycles. The van der Waals surface area contributed by atoms with Crippen LogP contribution in [-0.2, 0) is 0 Å².